The molecule has 124 valence electrons. The van der Waals surface area contributed by atoms with Gasteiger partial charge in [0.15, 0.2) is 0 Å². The highest BCUT2D eigenvalue weighted by Crippen LogP contribution is 2.22. The van der Waals surface area contributed by atoms with E-state index < -0.39 is 0 Å². The van der Waals surface area contributed by atoms with E-state index in [0.717, 1.165) is 22.5 Å². The SMILES string of the molecule is Cc1ccc(-c2nc(-c3ccc(-n4c(C)c[nH]c4=O)cc3)no2)nc1. The number of aromatic nitrogens is 5. The molecule has 0 bridgehead atoms. The lowest BCUT2D eigenvalue weighted by Gasteiger charge is -2.04. The van der Waals surface area contributed by atoms with Crippen molar-refractivity contribution in [1.82, 2.24) is 24.7 Å². The van der Waals surface area contributed by atoms with Gasteiger partial charge in [-0.1, -0.05) is 11.2 Å². The number of nitrogens with one attached hydrogen (secondary N) is 1. The summed E-state index contributed by atoms with van der Waals surface area (Å²) < 4.78 is 6.90. The van der Waals surface area contributed by atoms with Crippen molar-refractivity contribution in [3.63, 3.8) is 0 Å². The van der Waals surface area contributed by atoms with Crippen LogP contribution < -0.4 is 5.69 Å². The molecule has 4 aromatic rings. The molecule has 25 heavy (non-hydrogen) atoms. The fourth-order valence-electron chi connectivity index (χ4n) is 2.58. The molecule has 3 heterocycles. The summed E-state index contributed by atoms with van der Waals surface area (Å²) in [5.41, 5.74) is 3.94. The van der Waals surface area contributed by atoms with E-state index in [0.29, 0.717) is 17.4 Å². The minimum absolute atomic E-state index is 0.169. The Labute approximate surface area is 143 Å². The van der Waals surface area contributed by atoms with Crippen molar-refractivity contribution in [2.24, 2.45) is 0 Å². The smallest absolute Gasteiger partial charge is 0.330 e. The molecular formula is C18H15N5O2. The molecule has 0 saturated heterocycles. The minimum Gasteiger partial charge on any atom is -0.332 e. The van der Waals surface area contributed by atoms with Gasteiger partial charge in [-0.3, -0.25) is 9.55 Å². The zero-order chi connectivity index (χ0) is 17.4. The molecule has 0 fully saturated rings. The quantitative estimate of drug-likeness (QED) is 0.622. The number of rotatable bonds is 3. The Balaban J connectivity index is 1.65. The molecule has 0 aliphatic carbocycles. The van der Waals surface area contributed by atoms with Gasteiger partial charge in [-0.25, -0.2) is 4.79 Å². The van der Waals surface area contributed by atoms with E-state index in [4.69, 9.17) is 4.52 Å². The number of hydrogen-bond donors (Lipinski definition) is 1. The van der Waals surface area contributed by atoms with Crippen molar-refractivity contribution < 1.29 is 4.52 Å². The number of aromatic amines is 1. The Kier molecular flexibility index (Phi) is 3.53. The van der Waals surface area contributed by atoms with Crippen LogP contribution >= 0.6 is 0 Å². The molecule has 7 heteroatoms. The van der Waals surface area contributed by atoms with Gasteiger partial charge in [-0.2, -0.15) is 4.98 Å². The van der Waals surface area contributed by atoms with Crippen molar-refractivity contribution in [3.8, 4) is 28.7 Å². The number of nitrogens with zero attached hydrogens (tertiary/aromatic N) is 4. The van der Waals surface area contributed by atoms with E-state index >= 15 is 0 Å². The Morgan fingerprint density at radius 1 is 1.08 bits per heavy atom. The number of pyridine rings is 1. The number of imidazole rings is 1. The normalized spacial score (nSPS) is 11.0. The predicted molar refractivity (Wildman–Crippen MR) is 92.4 cm³/mol. The zero-order valence-corrected chi connectivity index (χ0v) is 13.7. The molecule has 0 unspecified atom stereocenters. The molecule has 3 aromatic heterocycles. The van der Waals surface area contributed by atoms with Gasteiger partial charge < -0.3 is 9.51 Å². The van der Waals surface area contributed by atoms with Crippen LogP contribution in [0, 0.1) is 13.8 Å². The van der Waals surface area contributed by atoms with Gasteiger partial charge >= 0.3 is 5.69 Å². The first-order valence-electron chi connectivity index (χ1n) is 7.76. The third kappa shape index (κ3) is 2.76. The third-order valence-corrected chi connectivity index (χ3v) is 3.90. The van der Waals surface area contributed by atoms with E-state index in [-0.39, 0.29) is 5.69 Å². The van der Waals surface area contributed by atoms with Crippen LogP contribution in [0.15, 0.2) is 58.1 Å². The van der Waals surface area contributed by atoms with Gasteiger partial charge in [0.2, 0.25) is 5.82 Å². The summed E-state index contributed by atoms with van der Waals surface area (Å²) in [4.78, 5) is 23.2. The molecule has 4 rings (SSSR count). The number of benzene rings is 1. The first kappa shape index (κ1) is 15.1. The van der Waals surface area contributed by atoms with Crippen LogP contribution in [-0.4, -0.2) is 24.7 Å². The fourth-order valence-corrected chi connectivity index (χ4v) is 2.58. The average Bonchev–Trinajstić information content (AvgIpc) is 3.23. The van der Waals surface area contributed by atoms with Gasteiger partial charge in [0.05, 0.1) is 5.69 Å². The fraction of sp³-hybridized carbons (Fsp3) is 0.111. The Hall–Kier alpha value is -3.48. The van der Waals surface area contributed by atoms with Crippen LogP contribution in [0.3, 0.4) is 0 Å². The molecule has 0 radical (unpaired) electrons. The molecule has 7 nitrogen and oxygen atoms in total. The van der Waals surface area contributed by atoms with Crippen LogP contribution in [0.5, 0.6) is 0 Å². The van der Waals surface area contributed by atoms with E-state index in [2.05, 4.69) is 20.1 Å². The second-order valence-electron chi connectivity index (χ2n) is 5.76. The maximum absolute atomic E-state index is 11.8. The summed E-state index contributed by atoms with van der Waals surface area (Å²) in [7, 11) is 0. The molecule has 1 aromatic carbocycles. The van der Waals surface area contributed by atoms with E-state index in [1.807, 2.05) is 50.2 Å². The summed E-state index contributed by atoms with van der Waals surface area (Å²) in [5, 5.41) is 4.01. The van der Waals surface area contributed by atoms with E-state index in [1.165, 1.54) is 0 Å². The van der Waals surface area contributed by atoms with Crippen LogP contribution in [-0.2, 0) is 0 Å². The van der Waals surface area contributed by atoms with Crippen molar-refractivity contribution in [2.45, 2.75) is 13.8 Å². The highest BCUT2D eigenvalue weighted by molar-refractivity contribution is 5.59. The third-order valence-electron chi connectivity index (χ3n) is 3.90. The van der Waals surface area contributed by atoms with Crippen molar-refractivity contribution in [1.29, 1.82) is 0 Å². The van der Waals surface area contributed by atoms with Crippen molar-refractivity contribution in [3.05, 3.63) is 70.5 Å². The lowest BCUT2D eigenvalue weighted by Crippen LogP contribution is -2.15. The van der Waals surface area contributed by atoms with Crippen LogP contribution in [0.25, 0.3) is 28.7 Å². The molecule has 0 saturated carbocycles. The van der Waals surface area contributed by atoms with Gasteiger partial charge in [0.1, 0.15) is 5.69 Å². The monoisotopic (exact) mass is 333 g/mol. The highest BCUT2D eigenvalue weighted by Gasteiger charge is 2.12. The number of H-pyrrole nitrogens is 1. The maximum atomic E-state index is 11.8. The second-order valence-corrected chi connectivity index (χ2v) is 5.76. The lowest BCUT2D eigenvalue weighted by atomic mass is 10.2. The van der Waals surface area contributed by atoms with Crippen LogP contribution in [0.1, 0.15) is 11.3 Å². The molecule has 0 aliphatic heterocycles. The van der Waals surface area contributed by atoms with Gasteiger partial charge in [-0.15, -0.1) is 0 Å². The Morgan fingerprint density at radius 2 is 1.88 bits per heavy atom. The predicted octanol–water partition coefficient (Wildman–Crippen LogP) is 2.89. The topological polar surface area (TPSA) is 89.6 Å². The Morgan fingerprint density at radius 3 is 2.52 bits per heavy atom. The van der Waals surface area contributed by atoms with E-state index in [1.54, 1.807) is 17.0 Å². The van der Waals surface area contributed by atoms with Gasteiger partial charge in [0.25, 0.3) is 5.89 Å². The average molecular weight is 333 g/mol. The van der Waals surface area contributed by atoms with E-state index in [9.17, 15) is 4.79 Å². The molecule has 0 amide bonds. The first-order chi connectivity index (χ1) is 12.1. The zero-order valence-electron chi connectivity index (χ0n) is 13.7. The Bertz CT molecular complexity index is 1070. The second kappa shape index (κ2) is 5.86. The molecule has 0 spiro atoms. The number of hydrogen-bond acceptors (Lipinski definition) is 5. The van der Waals surface area contributed by atoms with Crippen molar-refractivity contribution >= 4 is 0 Å². The first-order valence-corrected chi connectivity index (χ1v) is 7.76. The summed E-state index contributed by atoms with van der Waals surface area (Å²) in [6.07, 6.45) is 3.43. The van der Waals surface area contributed by atoms with Crippen LogP contribution in [0.4, 0.5) is 0 Å². The summed E-state index contributed by atoms with van der Waals surface area (Å²) in [6, 6.07) is 11.2. The van der Waals surface area contributed by atoms with Crippen LogP contribution in [0.2, 0.25) is 0 Å². The van der Waals surface area contributed by atoms with Crippen molar-refractivity contribution in [2.75, 3.05) is 0 Å². The highest BCUT2D eigenvalue weighted by atomic mass is 16.5. The molecule has 0 aliphatic rings. The molecule has 0 atom stereocenters. The molecule has 1 N–H and O–H groups in total. The van der Waals surface area contributed by atoms with Gasteiger partial charge in [-0.05, 0) is 49.7 Å². The largest absolute Gasteiger partial charge is 0.332 e. The summed E-state index contributed by atoms with van der Waals surface area (Å²) in [5.74, 6) is 0.846. The number of aryl methyl sites for hydroxylation is 2. The minimum atomic E-state index is -0.169. The maximum Gasteiger partial charge on any atom is 0.330 e. The summed E-state index contributed by atoms with van der Waals surface area (Å²) in [6.45, 7) is 3.83. The molecular weight excluding hydrogens is 318 g/mol. The van der Waals surface area contributed by atoms with Gasteiger partial charge in [0, 0.05) is 23.7 Å². The lowest BCUT2D eigenvalue weighted by molar-refractivity contribution is 0.431. The summed E-state index contributed by atoms with van der Waals surface area (Å²) >= 11 is 0. The standard InChI is InChI=1S/C18H15N5O2/c1-11-3-8-15(19-9-11)17-21-16(22-25-17)13-4-6-14(7-5-13)23-12(2)10-20-18(23)24/h3-10H,1-2H3,(H,20,24).